The second kappa shape index (κ2) is 10.7. The van der Waals surface area contributed by atoms with E-state index in [1.807, 2.05) is 59.6 Å². The number of aryl methyl sites for hydroxylation is 3. The van der Waals surface area contributed by atoms with E-state index in [1.54, 1.807) is 4.90 Å². The lowest BCUT2D eigenvalue weighted by atomic mass is 9.72. The molecule has 2 amide bonds. The number of hydrogen-bond donors (Lipinski definition) is 1. The third-order valence-electron chi connectivity index (χ3n) is 9.43. The number of benzene rings is 1. The van der Waals surface area contributed by atoms with Gasteiger partial charge in [-0.05, 0) is 39.7 Å². The minimum absolute atomic E-state index is 0.0616. The van der Waals surface area contributed by atoms with E-state index in [-0.39, 0.29) is 17.6 Å². The van der Waals surface area contributed by atoms with Crippen LogP contribution in [0.4, 0.5) is 21.4 Å². The monoisotopic (exact) mass is 611 g/mol. The van der Waals surface area contributed by atoms with Gasteiger partial charge in [0.25, 0.3) is 0 Å². The Labute approximate surface area is 260 Å². The molecule has 3 aliphatic rings. The number of aliphatic hydroxyl groups is 1. The second-order valence-electron chi connectivity index (χ2n) is 12.5. The standard InChI is InChI=1S/C32H37N9O2S/c1-5-41-29(37(4)30-35-27(26(15-33)44-30)22-8-6-20(2)7-9-22)24-14-25(21(3)34-28(24)36-41)38-12-10-32(11-13-38)18-40(19-32)31(43)39-16-23(42)17-39/h6-9,14,23,42H,5,10-13,16-19H2,1-4H3. The van der Waals surface area contributed by atoms with Crippen LogP contribution in [0.1, 0.15) is 35.9 Å². The number of amides is 2. The number of hydrogen-bond acceptors (Lipinski definition) is 9. The molecule has 0 bridgehead atoms. The van der Waals surface area contributed by atoms with E-state index in [1.165, 1.54) is 11.3 Å². The van der Waals surface area contributed by atoms with Gasteiger partial charge < -0.3 is 24.7 Å². The molecule has 3 aromatic heterocycles. The molecule has 3 fully saturated rings. The van der Waals surface area contributed by atoms with Crippen LogP contribution in [0.25, 0.3) is 22.3 Å². The first kappa shape index (κ1) is 28.6. The lowest BCUT2D eigenvalue weighted by Gasteiger charge is -2.55. The minimum atomic E-state index is -0.371. The molecule has 0 aliphatic carbocycles. The van der Waals surface area contributed by atoms with E-state index in [2.05, 4.69) is 24.0 Å². The molecule has 0 radical (unpaired) electrons. The van der Waals surface area contributed by atoms with Gasteiger partial charge in [-0.1, -0.05) is 41.2 Å². The zero-order valence-electron chi connectivity index (χ0n) is 25.6. The number of rotatable bonds is 5. The Kier molecular flexibility index (Phi) is 6.98. The van der Waals surface area contributed by atoms with Crippen molar-refractivity contribution in [2.75, 3.05) is 56.1 Å². The van der Waals surface area contributed by atoms with Crippen LogP contribution >= 0.6 is 11.3 Å². The molecule has 3 saturated heterocycles. The summed E-state index contributed by atoms with van der Waals surface area (Å²) in [5, 5.41) is 26.0. The van der Waals surface area contributed by atoms with Crippen molar-refractivity contribution in [2.45, 2.75) is 46.3 Å². The van der Waals surface area contributed by atoms with Crippen molar-refractivity contribution in [3.63, 3.8) is 0 Å². The SMILES string of the molecule is CCn1nc2nc(C)c(N3CCC4(CC3)CN(C(=O)N3CC(O)C3)C4)cc2c1N(C)c1nc(-c2ccc(C)cc2)c(C#N)s1. The van der Waals surface area contributed by atoms with E-state index in [4.69, 9.17) is 15.1 Å². The summed E-state index contributed by atoms with van der Waals surface area (Å²) < 4.78 is 1.96. The van der Waals surface area contributed by atoms with Gasteiger partial charge in [-0.2, -0.15) is 10.4 Å². The van der Waals surface area contributed by atoms with Crippen molar-refractivity contribution in [1.82, 2.24) is 29.5 Å². The first-order valence-electron chi connectivity index (χ1n) is 15.3. The number of pyridine rings is 1. The number of thiazole rings is 1. The Morgan fingerprint density at radius 2 is 1.84 bits per heavy atom. The highest BCUT2D eigenvalue weighted by molar-refractivity contribution is 7.16. The molecule has 0 atom stereocenters. The molecule has 1 spiro atoms. The Balaban J connectivity index is 1.13. The Morgan fingerprint density at radius 3 is 2.48 bits per heavy atom. The molecule has 228 valence electrons. The summed E-state index contributed by atoms with van der Waals surface area (Å²) in [6.07, 6.45) is 1.68. The molecule has 12 heteroatoms. The molecule has 1 aromatic carbocycles. The molecule has 0 saturated carbocycles. The fourth-order valence-corrected chi connectivity index (χ4v) is 7.64. The highest BCUT2D eigenvalue weighted by atomic mass is 32.1. The molecule has 7 rings (SSSR count). The van der Waals surface area contributed by atoms with Crippen LogP contribution in [0.15, 0.2) is 30.3 Å². The van der Waals surface area contributed by atoms with Crippen LogP contribution in [0.2, 0.25) is 0 Å². The molecule has 4 aromatic rings. The van der Waals surface area contributed by atoms with E-state index in [0.717, 1.165) is 77.9 Å². The predicted octanol–water partition coefficient (Wildman–Crippen LogP) is 4.53. The van der Waals surface area contributed by atoms with Gasteiger partial charge in [-0.25, -0.2) is 19.4 Å². The maximum Gasteiger partial charge on any atom is 0.320 e. The highest BCUT2D eigenvalue weighted by Gasteiger charge is 2.48. The van der Waals surface area contributed by atoms with Gasteiger partial charge in [0.05, 0.1) is 36.0 Å². The molecule has 0 unspecified atom stereocenters. The van der Waals surface area contributed by atoms with Crippen molar-refractivity contribution in [3.8, 4) is 17.3 Å². The highest BCUT2D eigenvalue weighted by Crippen LogP contribution is 2.44. The average molecular weight is 612 g/mol. The minimum Gasteiger partial charge on any atom is -0.389 e. The summed E-state index contributed by atoms with van der Waals surface area (Å²) in [7, 11) is 1.98. The van der Waals surface area contributed by atoms with Crippen molar-refractivity contribution in [3.05, 3.63) is 46.5 Å². The van der Waals surface area contributed by atoms with Crippen molar-refractivity contribution >= 4 is 45.0 Å². The van der Waals surface area contributed by atoms with Gasteiger partial charge >= 0.3 is 6.03 Å². The number of anilines is 3. The number of β-amino-alcohol motifs (C(OH)–C–C–N with tert-alkyl or cyclic N) is 1. The quantitative estimate of drug-likeness (QED) is 0.350. The number of piperidine rings is 1. The lowest BCUT2D eigenvalue weighted by Crippen LogP contribution is -2.67. The maximum absolute atomic E-state index is 12.7. The molecule has 1 N–H and O–H groups in total. The summed E-state index contributed by atoms with van der Waals surface area (Å²) in [5.74, 6) is 0.905. The van der Waals surface area contributed by atoms with E-state index < -0.39 is 0 Å². The number of carbonyl (C=O) groups is 1. The number of aliphatic hydroxyl groups excluding tert-OH is 1. The van der Waals surface area contributed by atoms with Gasteiger partial charge in [0, 0.05) is 50.7 Å². The number of aromatic nitrogens is 4. The summed E-state index contributed by atoms with van der Waals surface area (Å²) in [6, 6.07) is 12.7. The van der Waals surface area contributed by atoms with E-state index >= 15 is 0 Å². The van der Waals surface area contributed by atoms with Gasteiger partial charge in [-0.15, -0.1) is 0 Å². The maximum atomic E-state index is 12.7. The zero-order valence-corrected chi connectivity index (χ0v) is 26.4. The smallest absolute Gasteiger partial charge is 0.320 e. The van der Waals surface area contributed by atoms with Crippen LogP contribution < -0.4 is 9.80 Å². The predicted molar refractivity (Wildman–Crippen MR) is 171 cm³/mol. The van der Waals surface area contributed by atoms with Crippen LogP contribution in [-0.4, -0.2) is 93.1 Å². The van der Waals surface area contributed by atoms with Crippen LogP contribution in [0.5, 0.6) is 0 Å². The van der Waals surface area contributed by atoms with Gasteiger partial charge in [0.2, 0.25) is 0 Å². The van der Waals surface area contributed by atoms with Gasteiger partial charge in [-0.3, -0.25) is 0 Å². The summed E-state index contributed by atoms with van der Waals surface area (Å²) >= 11 is 1.38. The molecular weight excluding hydrogens is 574 g/mol. The Hall–Kier alpha value is -4.21. The topological polar surface area (TPSA) is 118 Å². The number of nitrogens with zero attached hydrogens (tertiary/aromatic N) is 9. The number of likely N-dealkylation sites (tertiary alicyclic amines) is 2. The molecular formula is C32H37N9O2S. The van der Waals surface area contributed by atoms with Gasteiger partial charge in [0.15, 0.2) is 10.8 Å². The number of nitriles is 1. The molecule has 44 heavy (non-hydrogen) atoms. The number of urea groups is 1. The zero-order chi connectivity index (χ0) is 30.7. The molecule has 11 nitrogen and oxygen atoms in total. The van der Waals surface area contributed by atoms with Gasteiger partial charge in [0.1, 0.15) is 22.5 Å². The first-order valence-corrected chi connectivity index (χ1v) is 16.1. The van der Waals surface area contributed by atoms with Crippen molar-refractivity contribution in [2.24, 2.45) is 5.41 Å². The van der Waals surface area contributed by atoms with Crippen LogP contribution in [0, 0.1) is 30.6 Å². The summed E-state index contributed by atoms with van der Waals surface area (Å²) in [4.78, 5) is 31.2. The largest absolute Gasteiger partial charge is 0.389 e. The fraction of sp³-hybridized carbons (Fsp3) is 0.469. The fourth-order valence-electron chi connectivity index (χ4n) is 6.79. The Bertz CT molecular complexity index is 1770. The van der Waals surface area contributed by atoms with Crippen molar-refractivity contribution in [1.29, 1.82) is 5.26 Å². The number of carbonyl (C=O) groups excluding carboxylic acids is 1. The first-order chi connectivity index (χ1) is 21.2. The normalized spacial score (nSPS) is 18.0. The summed E-state index contributed by atoms with van der Waals surface area (Å²) in [5.41, 5.74) is 5.72. The van der Waals surface area contributed by atoms with Crippen molar-refractivity contribution < 1.29 is 9.90 Å². The second-order valence-corrected chi connectivity index (χ2v) is 13.5. The van der Waals surface area contributed by atoms with E-state index in [9.17, 15) is 15.2 Å². The van der Waals surface area contributed by atoms with Crippen LogP contribution in [0.3, 0.4) is 0 Å². The summed E-state index contributed by atoms with van der Waals surface area (Å²) in [6.45, 7) is 11.1. The lowest BCUT2D eigenvalue weighted by molar-refractivity contribution is -0.0311. The Morgan fingerprint density at radius 1 is 1.14 bits per heavy atom. The number of fused-ring (bicyclic) bond motifs is 1. The molecule has 3 aliphatic heterocycles. The third-order valence-corrected chi connectivity index (χ3v) is 10.5. The van der Waals surface area contributed by atoms with E-state index in [0.29, 0.717) is 35.9 Å². The average Bonchev–Trinajstić information content (AvgIpc) is 3.59. The molecule has 6 heterocycles. The van der Waals surface area contributed by atoms with Crippen LogP contribution in [-0.2, 0) is 6.54 Å². The third kappa shape index (κ3) is 4.75.